The average Bonchev–Trinajstić information content (AvgIpc) is 2.60. The average molecular weight is 357 g/mol. The van der Waals surface area contributed by atoms with Crippen LogP contribution in [0.2, 0.25) is 0 Å². The largest absolute Gasteiger partial charge is 0.355 e. The normalized spacial score (nSPS) is 22.4. The van der Waals surface area contributed by atoms with Crippen LogP contribution in [0.25, 0.3) is 0 Å². The van der Waals surface area contributed by atoms with E-state index in [-0.39, 0.29) is 28.6 Å². The Hall–Kier alpha value is -1.84. The molecule has 2 amide bonds. The Bertz CT molecular complexity index is 644. The van der Waals surface area contributed by atoms with Crippen molar-refractivity contribution in [2.24, 2.45) is 11.3 Å². The zero-order valence-corrected chi connectivity index (χ0v) is 16.4. The maximum absolute atomic E-state index is 12.8. The molecule has 1 unspecified atom stereocenters. The first kappa shape index (κ1) is 18.9. The molecule has 0 spiro atoms. The maximum Gasteiger partial charge on any atom is 0.227 e. The molecule has 1 saturated carbocycles. The number of rotatable bonds is 4. The van der Waals surface area contributed by atoms with E-state index in [4.69, 9.17) is 0 Å². The van der Waals surface area contributed by atoms with E-state index in [1.807, 2.05) is 31.7 Å². The van der Waals surface area contributed by atoms with Crippen molar-refractivity contribution >= 4 is 11.8 Å². The number of nitrogens with one attached hydrogen (secondary N) is 1. The molecule has 1 aromatic rings. The summed E-state index contributed by atoms with van der Waals surface area (Å²) < 4.78 is 0. The van der Waals surface area contributed by atoms with Gasteiger partial charge in [-0.3, -0.25) is 9.59 Å². The van der Waals surface area contributed by atoms with Crippen LogP contribution in [0.15, 0.2) is 30.3 Å². The summed E-state index contributed by atoms with van der Waals surface area (Å²) in [4.78, 5) is 27.2. The van der Waals surface area contributed by atoms with Gasteiger partial charge in [0.2, 0.25) is 11.8 Å². The summed E-state index contributed by atoms with van der Waals surface area (Å²) in [5.41, 5.74) is 1.05. The lowest BCUT2D eigenvalue weighted by atomic mass is 9.64. The smallest absolute Gasteiger partial charge is 0.227 e. The van der Waals surface area contributed by atoms with E-state index in [2.05, 4.69) is 29.6 Å². The Labute approximate surface area is 157 Å². The molecule has 2 aliphatic rings. The Balaban J connectivity index is 1.59. The van der Waals surface area contributed by atoms with E-state index < -0.39 is 0 Å². The Kier molecular flexibility index (Phi) is 5.40. The van der Waals surface area contributed by atoms with Crippen molar-refractivity contribution in [3.8, 4) is 0 Å². The molecule has 4 heteroatoms. The number of hydrogen-bond acceptors (Lipinski definition) is 2. The highest BCUT2D eigenvalue weighted by atomic mass is 16.2. The van der Waals surface area contributed by atoms with Gasteiger partial charge in [-0.1, -0.05) is 57.5 Å². The summed E-state index contributed by atoms with van der Waals surface area (Å²) in [6.07, 6.45) is 5.27. The minimum Gasteiger partial charge on any atom is -0.355 e. The zero-order chi connectivity index (χ0) is 18.8. The molecule has 1 heterocycles. The summed E-state index contributed by atoms with van der Waals surface area (Å²) in [7, 11) is 0. The number of nitrogens with zero attached hydrogens (tertiary/aromatic N) is 1. The highest BCUT2D eigenvalue weighted by Gasteiger charge is 2.40. The molecule has 142 valence electrons. The summed E-state index contributed by atoms with van der Waals surface area (Å²) >= 11 is 0. The highest BCUT2D eigenvalue weighted by Crippen LogP contribution is 2.43. The molecule has 3 rings (SSSR count). The molecule has 26 heavy (non-hydrogen) atoms. The predicted molar refractivity (Wildman–Crippen MR) is 104 cm³/mol. The van der Waals surface area contributed by atoms with Crippen LogP contribution >= 0.6 is 0 Å². The number of carbonyl (C=O) groups is 2. The summed E-state index contributed by atoms with van der Waals surface area (Å²) in [6.45, 7) is 7.87. The lowest BCUT2D eigenvalue weighted by Gasteiger charge is -2.43. The van der Waals surface area contributed by atoms with Crippen LogP contribution in [0.5, 0.6) is 0 Å². The van der Waals surface area contributed by atoms with E-state index in [0.717, 1.165) is 32.2 Å². The summed E-state index contributed by atoms with van der Waals surface area (Å²) in [5.74, 6) is 0.177. The third-order valence-corrected chi connectivity index (χ3v) is 6.02. The molecule has 1 aliphatic heterocycles. The van der Waals surface area contributed by atoms with Gasteiger partial charge in [0.1, 0.15) is 0 Å². The number of likely N-dealkylation sites (tertiary alicyclic amines) is 1. The van der Waals surface area contributed by atoms with E-state index in [9.17, 15) is 9.59 Å². The molecular weight excluding hydrogens is 324 g/mol. The van der Waals surface area contributed by atoms with Crippen LogP contribution in [0.1, 0.15) is 58.4 Å². The fourth-order valence-electron chi connectivity index (χ4n) is 4.21. The second-order valence-electron chi connectivity index (χ2n) is 9.06. The van der Waals surface area contributed by atoms with Crippen molar-refractivity contribution in [3.63, 3.8) is 0 Å². The van der Waals surface area contributed by atoms with Crippen LogP contribution in [0, 0.1) is 11.3 Å². The van der Waals surface area contributed by atoms with Gasteiger partial charge >= 0.3 is 0 Å². The minimum absolute atomic E-state index is 0.0806. The van der Waals surface area contributed by atoms with E-state index in [1.165, 1.54) is 12.0 Å². The molecule has 1 aromatic carbocycles. The van der Waals surface area contributed by atoms with Crippen LogP contribution in [-0.4, -0.2) is 36.3 Å². The first-order chi connectivity index (χ1) is 12.3. The minimum atomic E-state index is -0.387. The molecule has 1 atom stereocenters. The molecule has 0 bridgehead atoms. The van der Waals surface area contributed by atoms with Gasteiger partial charge in [0.05, 0.1) is 5.92 Å². The van der Waals surface area contributed by atoms with E-state index >= 15 is 0 Å². The second-order valence-corrected chi connectivity index (χ2v) is 9.06. The molecule has 1 saturated heterocycles. The lowest BCUT2D eigenvalue weighted by Crippen LogP contribution is -2.51. The number of amides is 2. The molecular formula is C22H32N2O2. The Morgan fingerprint density at radius 3 is 2.42 bits per heavy atom. The second kappa shape index (κ2) is 7.42. The Morgan fingerprint density at radius 2 is 1.85 bits per heavy atom. The first-order valence-corrected chi connectivity index (χ1v) is 9.94. The van der Waals surface area contributed by atoms with Gasteiger partial charge in [0, 0.05) is 30.5 Å². The van der Waals surface area contributed by atoms with Gasteiger partial charge < -0.3 is 10.2 Å². The molecule has 1 N–H and O–H groups in total. The van der Waals surface area contributed by atoms with Crippen LogP contribution < -0.4 is 5.32 Å². The number of hydrogen-bond donors (Lipinski definition) is 1. The van der Waals surface area contributed by atoms with Crippen molar-refractivity contribution in [2.45, 2.75) is 58.3 Å². The highest BCUT2D eigenvalue weighted by molar-refractivity contribution is 5.84. The molecule has 4 nitrogen and oxygen atoms in total. The number of carbonyl (C=O) groups excluding carboxylic acids is 2. The standard InChI is InChI=1S/C22H32N2O2/c1-21(2,3)20(26)24-14-7-9-17(15-24)19(25)23-16-22(12-8-13-22)18-10-5-4-6-11-18/h4-6,10-11,17H,7-9,12-16H2,1-3H3,(H,23,25). The number of piperidine rings is 1. The Morgan fingerprint density at radius 1 is 1.15 bits per heavy atom. The monoisotopic (exact) mass is 356 g/mol. The predicted octanol–water partition coefficient (Wildman–Crippen LogP) is 3.51. The lowest BCUT2D eigenvalue weighted by molar-refractivity contribution is -0.142. The van der Waals surface area contributed by atoms with Gasteiger partial charge in [0.25, 0.3) is 0 Å². The molecule has 0 aromatic heterocycles. The zero-order valence-electron chi connectivity index (χ0n) is 16.4. The van der Waals surface area contributed by atoms with Crippen molar-refractivity contribution in [3.05, 3.63) is 35.9 Å². The molecule has 1 aliphatic carbocycles. The van der Waals surface area contributed by atoms with Crippen LogP contribution in [-0.2, 0) is 15.0 Å². The molecule has 2 fully saturated rings. The van der Waals surface area contributed by atoms with Gasteiger partial charge in [-0.2, -0.15) is 0 Å². The van der Waals surface area contributed by atoms with E-state index in [1.54, 1.807) is 0 Å². The fourth-order valence-corrected chi connectivity index (χ4v) is 4.21. The maximum atomic E-state index is 12.8. The quantitative estimate of drug-likeness (QED) is 0.897. The van der Waals surface area contributed by atoms with Gasteiger partial charge in [-0.05, 0) is 31.2 Å². The van der Waals surface area contributed by atoms with Gasteiger partial charge in [-0.25, -0.2) is 0 Å². The van der Waals surface area contributed by atoms with Crippen molar-refractivity contribution in [1.29, 1.82) is 0 Å². The SMILES string of the molecule is CC(C)(C)C(=O)N1CCCC(C(=O)NCC2(c3ccccc3)CCC2)C1. The first-order valence-electron chi connectivity index (χ1n) is 9.94. The topological polar surface area (TPSA) is 49.4 Å². The number of benzene rings is 1. The van der Waals surface area contributed by atoms with Crippen LogP contribution in [0.4, 0.5) is 0 Å². The third kappa shape index (κ3) is 3.94. The summed E-state index contributed by atoms with van der Waals surface area (Å²) in [5, 5.41) is 3.21. The van der Waals surface area contributed by atoms with Crippen molar-refractivity contribution < 1.29 is 9.59 Å². The van der Waals surface area contributed by atoms with Crippen LogP contribution in [0.3, 0.4) is 0 Å². The van der Waals surface area contributed by atoms with E-state index in [0.29, 0.717) is 13.1 Å². The van der Waals surface area contributed by atoms with Gasteiger partial charge in [-0.15, -0.1) is 0 Å². The summed E-state index contributed by atoms with van der Waals surface area (Å²) in [6, 6.07) is 10.5. The third-order valence-electron chi connectivity index (χ3n) is 6.02. The van der Waals surface area contributed by atoms with Crippen molar-refractivity contribution in [2.75, 3.05) is 19.6 Å². The fraction of sp³-hybridized carbons (Fsp3) is 0.636. The van der Waals surface area contributed by atoms with Gasteiger partial charge in [0.15, 0.2) is 0 Å². The molecule has 0 radical (unpaired) electrons. The van der Waals surface area contributed by atoms with Crippen molar-refractivity contribution in [1.82, 2.24) is 10.2 Å².